The van der Waals surface area contributed by atoms with Gasteiger partial charge in [-0.25, -0.2) is 8.42 Å². The number of amides is 1. The Morgan fingerprint density at radius 2 is 1.83 bits per heavy atom. The average molecular weight is 499 g/mol. The van der Waals surface area contributed by atoms with Gasteiger partial charge in [-0.2, -0.15) is 0 Å². The Kier molecular flexibility index (Phi) is 7.27. The van der Waals surface area contributed by atoms with Crippen LogP contribution in [-0.2, 0) is 27.6 Å². The molecule has 3 N–H and O–H groups in total. The van der Waals surface area contributed by atoms with E-state index in [1.807, 2.05) is 12.1 Å². The number of aryl methyl sites for hydroxylation is 2. The summed E-state index contributed by atoms with van der Waals surface area (Å²) in [5, 5.41) is 6.32. The molecule has 1 atom stereocenters. The third kappa shape index (κ3) is 5.63. The van der Waals surface area contributed by atoms with E-state index in [1.165, 1.54) is 5.56 Å². The quantitative estimate of drug-likeness (QED) is 0.543. The van der Waals surface area contributed by atoms with E-state index < -0.39 is 10.0 Å². The SMILES string of the molecule is O=C(NC[C@@H]1CCCO1)c1cc(NS(=O)(=O)c2ccc3c(c2)CCCC3)ccc1N1CCNCC1. The lowest BCUT2D eigenvalue weighted by molar-refractivity contribution is 0.0858. The van der Waals surface area contributed by atoms with Gasteiger partial charge in [0, 0.05) is 50.7 Å². The number of benzene rings is 2. The number of piperazine rings is 1. The molecule has 0 radical (unpaired) electrons. The first kappa shape index (κ1) is 24.1. The number of hydrogen-bond acceptors (Lipinski definition) is 6. The Morgan fingerprint density at radius 3 is 2.60 bits per heavy atom. The summed E-state index contributed by atoms with van der Waals surface area (Å²) in [6, 6.07) is 10.6. The molecule has 1 aliphatic carbocycles. The molecule has 2 aromatic rings. The van der Waals surface area contributed by atoms with Crippen LogP contribution in [0, 0.1) is 0 Å². The van der Waals surface area contributed by atoms with Gasteiger partial charge >= 0.3 is 0 Å². The van der Waals surface area contributed by atoms with E-state index >= 15 is 0 Å². The van der Waals surface area contributed by atoms with Crippen LogP contribution in [0.25, 0.3) is 0 Å². The van der Waals surface area contributed by atoms with Crippen molar-refractivity contribution in [2.45, 2.75) is 49.5 Å². The molecule has 2 aromatic carbocycles. The highest BCUT2D eigenvalue weighted by Crippen LogP contribution is 2.28. The predicted octanol–water partition coefficient (Wildman–Crippen LogP) is 2.68. The number of ether oxygens (including phenoxy) is 1. The van der Waals surface area contributed by atoms with E-state index in [0.29, 0.717) is 17.8 Å². The van der Waals surface area contributed by atoms with Gasteiger partial charge in [-0.1, -0.05) is 6.07 Å². The second kappa shape index (κ2) is 10.6. The second-order valence-electron chi connectivity index (χ2n) is 9.56. The molecule has 2 aliphatic heterocycles. The molecular formula is C26H34N4O4S. The number of anilines is 2. The molecule has 3 aliphatic rings. The molecule has 0 bridgehead atoms. The Hall–Kier alpha value is -2.62. The summed E-state index contributed by atoms with van der Waals surface area (Å²) in [5.74, 6) is -0.219. The summed E-state index contributed by atoms with van der Waals surface area (Å²) in [6.07, 6.45) is 6.12. The van der Waals surface area contributed by atoms with Crippen molar-refractivity contribution in [2.24, 2.45) is 0 Å². The first-order valence-electron chi connectivity index (χ1n) is 12.6. The van der Waals surface area contributed by atoms with E-state index in [1.54, 1.807) is 24.3 Å². The molecule has 188 valence electrons. The lowest BCUT2D eigenvalue weighted by Gasteiger charge is -2.31. The minimum atomic E-state index is -3.78. The fraction of sp³-hybridized carbons (Fsp3) is 0.500. The number of hydrogen-bond donors (Lipinski definition) is 3. The summed E-state index contributed by atoms with van der Waals surface area (Å²) in [5.41, 5.74) is 4.01. The van der Waals surface area contributed by atoms with E-state index in [2.05, 4.69) is 20.3 Å². The minimum Gasteiger partial charge on any atom is -0.376 e. The standard InChI is InChI=1S/C26H34N4O4S/c31-26(28-18-22-6-3-15-34-22)24-17-21(8-10-25(24)30-13-11-27-12-14-30)29-35(32,33)23-9-7-19-4-1-2-5-20(19)16-23/h7-10,16-17,22,27,29H,1-6,11-15,18H2,(H,28,31)/t22-/m0/s1. The van der Waals surface area contributed by atoms with Crippen LogP contribution in [0.5, 0.6) is 0 Å². The Morgan fingerprint density at radius 1 is 1.03 bits per heavy atom. The average Bonchev–Trinajstić information content (AvgIpc) is 3.41. The largest absolute Gasteiger partial charge is 0.376 e. The first-order chi connectivity index (χ1) is 17.0. The van der Waals surface area contributed by atoms with Crippen LogP contribution < -0.4 is 20.3 Å². The smallest absolute Gasteiger partial charge is 0.261 e. The van der Waals surface area contributed by atoms with Crippen LogP contribution in [0.1, 0.15) is 47.2 Å². The Balaban J connectivity index is 1.39. The summed E-state index contributed by atoms with van der Waals surface area (Å²) >= 11 is 0. The lowest BCUT2D eigenvalue weighted by Crippen LogP contribution is -2.44. The molecule has 1 amide bonds. The highest BCUT2D eigenvalue weighted by molar-refractivity contribution is 7.92. The Labute approximate surface area is 207 Å². The van der Waals surface area contributed by atoms with Crippen LogP contribution in [0.2, 0.25) is 0 Å². The molecular weight excluding hydrogens is 464 g/mol. The Bertz CT molecular complexity index is 1170. The van der Waals surface area contributed by atoms with Crippen LogP contribution in [0.4, 0.5) is 11.4 Å². The molecule has 35 heavy (non-hydrogen) atoms. The van der Waals surface area contributed by atoms with E-state index in [9.17, 15) is 13.2 Å². The van der Waals surface area contributed by atoms with Crippen molar-refractivity contribution in [3.8, 4) is 0 Å². The van der Waals surface area contributed by atoms with Crippen LogP contribution in [-0.4, -0.2) is 59.8 Å². The number of sulfonamides is 1. The molecule has 0 saturated carbocycles. The summed E-state index contributed by atoms with van der Waals surface area (Å²) < 4.78 is 34.8. The topological polar surface area (TPSA) is 99.8 Å². The van der Waals surface area contributed by atoms with E-state index in [-0.39, 0.29) is 16.9 Å². The van der Waals surface area contributed by atoms with E-state index in [4.69, 9.17) is 4.74 Å². The molecule has 2 heterocycles. The minimum absolute atomic E-state index is 0.0345. The third-order valence-corrected chi connectivity index (χ3v) is 8.47. The van der Waals surface area contributed by atoms with Crippen molar-refractivity contribution in [1.29, 1.82) is 0 Å². The van der Waals surface area contributed by atoms with Gasteiger partial charge in [-0.3, -0.25) is 9.52 Å². The number of carbonyl (C=O) groups excluding carboxylic acids is 1. The van der Waals surface area contributed by atoms with Crippen molar-refractivity contribution in [1.82, 2.24) is 10.6 Å². The number of rotatable bonds is 7. The second-order valence-corrected chi connectivity index (χ2v) is 11.2. The van der Waals surface area contributed by atoms with E-state index in [0.717, 1.165) is 82.6 Å². The molecule has 2 fully saturated rings. The van der Waals surface area contributed by atoms with Crippen LogP contribution in [0.3, 0.4) is 0 Å². The van der Waals surface area contributed by atoms with Crippen LogP contribution >= 0.6 is 0 Å². The normalized spacial score (nSPS) is 20.3. The van der Waals surface area contributed by atoms with Gasteiger partial charge in [0.15, 0.2) is 0 Å². The maximum Gasteiger partial charge on any atom is 0.261 e. The molecule has 0 unspecified atom stereocenters. The van der Waals surface area contributed by atoms with Gasteiger partial charge in [0.25, 0.3) is 15.9 Å². The fourth-order valence-corrected chi connectivity index (χ4v) is 6.26. The molecule has 8 nitrogen and oxygen atoms in total. The van der Waals surface area contributed by atoms with Crippen molar-refractivity contribution >= 4 is 27.3 Å². The van der Waals surface area contributed by atoms with Crippen LogP contribution in [0.15, 0.2) is 41.3 Å². The van der Waals surface area contributed by atoms with Gasteiger partial charge < -0.3 is 20.3 Å². The zero-order valence-electron chi connectivity index (χ0n) is 20.0. The molecule has 5 rings (SSSR count). The van der Waals surface area contributed by atoms with Gasteiger partial charge in [-0.05, 0) is 80.0 Å². The maximum absolute atomic E-state index is 13.2. The van der Waals surface area contributed by atoms with Crippen molar-refractivity contribution in [2.75, 3.05) is 49.0 Å². The molecule has 9 heteroatoms. The van der Waals surface area contributed by atoms with Gasteiger partial charge in [0.2, 0.25) is 0 Å². The fourth-order valence-electron chi connectivity index (χ4n) is 5.16. The predicted molar refractivity (Wildman–Crippen MR) is 137 cm³/mol. The van der Waals surface area contributed by atoms with Crippen molar-refractivity contribution in [3.05, 3.63) is 53.1 Å². The molecule has 0 aromatic heterocycles. The molecule has 2 saturated heterocycles. The first-order valence-corrected chi connectivity index (χ1v) is 14.1. The number of nitrogens with zero attached hydrogens (tertiary/aromatic N) is 1. The number of nitrogens with one attached hydrogen (secondary N) is 3. The number of fused-ring (bicyclic) bond motifs is 1. The summed E-state index contributed by atoms with van der Waals surface area (Å²) in [4.78, 5) is 15.7. The zero-order valence-corrected chi connectivity index (χ0v) is 20.8. The monoisotopic (exact) mass is 498 g/mol. The summed E-state index contributed by atoms with van der Waals surface area (Å²) in [7, 11) is -3.78. The highest BCUT2D eigenvalue weighted by Gasteiger charge is 2.23. The van der Waals surface area contributed by atoms with Gasteiger partial charge in [0.05, 0.1) is 16.6 Å². The van der Waals surface area contributed by atoms with Crippen molar-refractivity contribution in [3.63, 3.8) is 0 Å². The number of carbonyl (C=O) groups is 1. The lowest BCUT2D eigenvalue weighted by atomic mass is 9.92. The zero-order chi connectivity index (χ0) is 24.3. The maximum atomic E-state index is 13.2. The van der Waals surface area contributed by atoms with Gasteiger partial charge in [-0.15, -0.1) is 0 Å². The van der Waals surface area contributed by atoms with Crippen molar-refractivity contribution < 1.29 is 17.9 Å². The highest BCUT2D eigenvalue weighted by atomic mass is 32.2. The summed E-state index contributed by atoms with van der Waals surface area (Å²) in [6.45, 7) is 4.42. The van der Waals surface area contributed by atoms with Gasteiger partial charge in [0.1, 0.15) is 0 Å². The molecule has 0 spiro atoms. The third-order valence-electron chi connectivity index (χ3n) is 7.10.